The molecule has 3 aromatic rings. The maximum Gasteiger partial charge on any atom is 0.292 e. The number of halogens is 2. The molecule has 0 atom stereocenters. The summed E-state index contributed by atoms with van der Waals surface area (Å²) < 4.78 is 0. The summed E-state index contributed by atoms with van der Waals surface area (Å²) in [5, 5.41) is 17.0. The van der Waals surface area contributed by atoms with Gasteiger partial charge >= 0.3 is 0 Å². The standard InChI is InChI=1S/C17H10Cl2N2O2S2/c18-12-7-8-25-17(12)16(24)11-6-5-10(9-13(11)19)20-14-3-1-2-4-15(14)21(22)23/h1-9,20H. The van der Waals surface area contributed by atoms with Crippen LogP contribution in [0.25, 0.3) is 0 Å². The molecule has 126 valence electrons. The van der Waals surface area contributed by atoms with Gasteiger partial charge in [-0.15, -0.1) is 11.3 Å². The Kier molecular flexibility index (Phi) is 5.34. The summed E-state index contributed by atoms with van der Waals surface area (Å²) in [4.78, 5) is 12.0. The summed E-state index contributed by atoms with van der Waals surface area (Å²) >= 11 is 19.4. The van der Waals surface area contributed by atoms with Crippen molar-refractivity contribution in [2.75, 3.05) is 5.32 Å². The van der Waals surface area contributed by atoms with E-state index >= 15 is 0 Å². The molecular formula is C17H10Cl2N2O2S2. The number of nitro benzene ring substituents is 1. The minimum Gasteiger partial charge on any atom is -0.350 e. The lowest BCUT2D eigenvalue weighted by atomic mass is 10.1. The number of benzene rings is 2. The minimum atomic E-state index is -0.438. The van der Waals surface area contributed by atoms with Gasteiger partial charge in [-0.2, -0.15) is 0 Å². The first-order valence-corrected chi connectivity index (χ1v) is 9.09. The monoisotopic (exact) mass is 408 g/mol. The second kappa shape index (κ2) is 7.49. The number of nitrogens with one attached hydrogen (secondary N) is 1. The Morgan fingerprint density at radius 1 is 1.12 bits per heavy atom. The van der Waals surface area contributed by atoms with Crippen molar-refractivity contribution in [1.82, 2.24) is 0 Å². The molecule has 0 amide bonds. The lowest BCUT2D eigenvalue weighted by Crippen LogP contribution is -2.01. The molecule has 3 rings (SSSR count). The first kappa shape index (κ1) is 17.8. The molecular weight excluding hydrogens is 399 g/mol. The molecule has 1 N–H and O–H groups in total. The van der Waals surface area contributed by atoms with Crippen LogP contribution in [0.5, 0.6) is 0 Å². The highest BCUT2D eigenvalue weighted by Gasteiger charge is 2.16. The Hall–Kier alpha value is -1.99. The zero-order valence-corrected chi connectivity index (χ0v) is 15.7. The summed E-state index contributed by atoms with van der Waals surface area (Å²) in [6.07, 6.45) is 0. The predicted molar refractivity (Wildman–Crippen MR) is 108 cm³/mol. The Bertz CT molecular complexity index is 973. The van der Waals surface area contributed by atoms with Gasteiger partial charge in [-0.1, -0.05) is 47.6 Å². The molecule has 0 saturated carbocycles. The number of nitro groups is 1. The van der Waals surface area contributed by atoms with Crippen LogP contribution >= 0.6 is 46.8 Å². The Morgan fingerprint density at radius 3 is 2.52 bits per heavy atom. The summed E-state index contributed by atoms with van der Waals surface area (Å²) in [7, 11) is 0. The molecule has 0 aliphatic rings. The van der Waals surface area contributed by atoms with Crippen LogP contribution in [0.4, 0.5) is 17.1 Å². The van der Waals surface area contributed by atoms with Gasteiger partial charge in [-0.3, -0.25) is 10.1 Å². The van der Waals surface area contributed by atoms with E-state index in [0.717, 1.165) is 4.88 Å². The molecule has 0 bridgehead atoms. The van der Waals surface area contributed by atoms with E-state index in [1.165, 1.54) is 17.4 Å². The summed E-state index contributed by atoms with van der Waals surface area (Å²) in [5.74, 6) is 0. The molecule has 1 heterocycles. The van der Waals surface area contributed by atoms with Gasteiger partial charge in [0, 0.05) is 17.3 Å². The van der Waals surface area contributed by atoms with Crippen LogP contribution in [-0.4, -0.2) is 9.79 Å². The van der Waals surface area contributed by atoms with E-state index in [-0.39, 0.29) is 5.69 Å². The number of rotatable bonds is 5. The number of anilines is 2. The number of hydrogen-bond acceptors (Lipinski definition) is 5. The number of thiocarbonyl (C=S) groups is 1. The van der Waals surface area contributed by atoms with Crippen LogP contribution in [-0.2, 0) is 0 Å². The number of hydrogen-bond donors (Lipinski definition) is 1. The van der Waals surface area contributed by atoms with Gasteiger partial charge in [0.15, 0.2) is 0 Å². The van der Waals surface area contributed by atoms with Gasteiger partial charge in [-0.05, 0) is 35.7 Å². The highest BCUT2D eigenvalue weighted by Crippen LogP contribution is 2.32. The predicted octanol–water partition coefficient (Wildman–Crippen LogP) is 6.47. The quantitative estimate of drug-likeness (QED) is 0.227. The van der Waals surface area contributed by atoms with Crippen molar-refractivity contribution >= 4 is 68.7 Å². The van der Waals surface area contributed by atoms with Gasteiger partial charge in [0.2, 0.25) is 0 Å². The molecule has 4 nitrogen and oxygen atoms in total. The van der Waals surface area contributed by atoms with E-state index < -0.39 is 4.92 Å². The molecule has 1 aromatic heterocycles. The van der Waals surface area contributed by atoms with Gasteiger partial charge in [0.05, 0.1) is 24.7 Å². The molecule has 0 spiro atoms. The lowest BCUT2D eigenvalue weighted by molar-refractivity contribution is -0.383. The summed E-state index contributed by atoms with van der Waals surface area (Å²) in [6.45, 7) is 0. The highest BCUT2D eigenvalue weighted by atomic mass is 35.5. The number of nitrogens with zero attached hydrogens (tertiary/aromatic N) is 1. The average molecular weight is 409 g/mol. The largest absolute Gasteiger partial charge is 0.350 e. The molecule has 0 aliphatic heterocycles. The van der Waals surface area contributed by atoms with Crippen molar-refractivity contribution < 1.29 is 4.92 Å². The van der Waals surface area contributed by atoms with E-state index in [4.69, 9.17) is 35.4 Å². The summed E-state index contributed by atoms with van der Waals surface area (Å²) in [5.41, 5.74) is 1.70. The molecule has 0 aliphatic carbocycles. The molecule has 0 fully saturated rings. The zero-order chi connectivity index (χ0) is 18.0. The fourth-order valence-corrected chi connectivity index (χ4v) is 4.17. The Morgan fingerprint density at radius 2 is 1.88 bits per heavy atom. The highest BCUT2D eigenvalue weighted by molar-refractivity contribution is 7.81. The molecule has 8 heteroatoms. The van der Waals surface area contributed by atoms with Crippen LogP contribution in [0.3, 0.4) is 0 Å². The topological polar surface area (TPSA) is 55.2 Å². The molecule has 0 unspecified atom stereocenters. The minimum absolute atomic E-state index is 0.0106. The van der Waals surface area contributed by atoms with Gasteiger partial charge in [0.25, 0.3) is 5.69 Å². The lowest BCUT2D eigenvalue weighted by Gasteiger charge is -2.10. The third kappa shape index (κ3) is 3.82. The van der Waals surface area contributed by atoms with Crippen molar-refractivity contribution in [2.45, 2.75) is 0 Å². The third-order valence-electron chi connectivity index (χ3n) is 3.42. The van der Waals surface area contributed by atoms with Crippen LogP contribution < -0.4 is 5.32 Å². The van der Waals surface area contributed by atoms with Crippen LogP contribution in [0.15, 0.2) is 53.9 Å². The van der Waals surface area contributed by atoms with E-state index in [1.807, 2.05) is 5.38 Å². The zero-order valence-electron chi connectivity index (χ0n) is 12.5. The second-order valence-electron chi connectivity index (χ2n) is 5.02. The SMILES string of the molecule is O=[N+]([O-])c1ccccc1Nc1ccc(C(=S)c2sccc2Cl)c(Cl)c1. The molecule has 0 saturated heterocycles. The first-order chi connectivity index (χ1) is 12.0. The normalized spacial score (nSPS) is 10.5. The van der Waals surface area contributed by atoms with Crippen molar-refractivity contribution in [3.05, 3.63) is 84.5 Å². The van der Waals surface area contributed by atoms with Gasteiger partial charge < -0.3 is 5.32 Å². The maximum absolute atomic E-state index is 11.1. The number of thiophene rings is 1. The van der Waals surface area contributed by atoms with Crippen LogP contribution in [0.1, 0.15) is 10.4 Å². The third-order valence-corrected chi connectivity index (χ3v) is 5.64. The number of para-hydroxylation sites is 2. The smallest absolute Gasteiger partial charge is 0.292 e. The van der Waals surface area contributed by atoms with Crippen molar-refractivity contribution in [1.29, 1.82) is 0 Å². The Labute approximate surface area is 163 Å². The average Bonchev–Trinajstić information content (AvgIpc) is 3.01. The van der Waals surface area contributed by atoms with E-state index in [2.05, 4.69) is 5.32 Å². The van der Waals surface area contributed by atoms with Crippen molar-refractivity contribution in [3.63, 3.8) is 0 Å². The first-order valence-electron chi connectivity index (χ1n) is 7.05. The van der Waals surface area contributed by atoms with Crippen LogP contribution in [0.2, 0.25) is 10.0 Å². The van der Waals surface area contributed by atoms with E-state index in [9.17, 15) is 10.1 Å². The van der Waals surface area contributed by atoms with Gasteiger partial charge in [0.1, 0.15) is 5.69 Å². The molecule has 2 aromatic carbocycles. The fraction of sp³-hybridized carbons (Fsp3) is 0. The van der Waals surface area contributed by atoms with Crippen LogP contribution in [0, 0.1) is 10.1 Å². The van der Waals surface area contributed by atoms with Crippen molar-refractivity contribution in [2.24, 2.45) is 0 Å². The van der Waals surface area contributed by atoms with E-state index in [1.54, 1.807) is 42.5 Å². The molecule has 0 radical (unpaired) electrons. The Balaban J connectivity index is 1.90. The summed E-state index contributed by atoms with van der Waals surface area (Å²) in [6, 6.07) is 13.4. The second-order valence-corrected chi connectivity index (χ2v) is 7.16. The maximum atomic E-state index is 11.1. The van der Waals surface area contributed by atoms with E-state index in [0.29, 0.717) is 31.8 Å². The van der Waals surface area contributed by atoms with Crippen molar-refractivity contribution in [3.8, 4) is 0 Å². The fourth-order valence-electron chi connectivity index (χ4n) is 2.25. The molecule has 25 heavy (non-hydrogen) atoms. The van der Waals surface area contributed by atoms with Gasteiger partial charge in [-0.25, -0.2) is 0 Å².